The van der Waals surface area contributed by atoms with Crippen LogP contribution in [0.4, 0.5) is 15.8 Å². The first-order valence-electron chi connectivity index (χ1n) is 10.6. The number of hydrogen-bond donors (Lipinski definition) is 4. The number of halogens is 1. The smallest absolute Gasteiger partial charge is 0.309 e. The number of benzene rings is 4. The van der Waals surface area contributed by atoms with E-state index in [9.17, 15) is 14.0 Å². The topological polar surface area (TPSA) is 102 Å². The molecular weight excluding hydrogens is 433 g/mol. The van der Waals surface area contributed by atoms with Crippen molar-refractivity contribution in [1.82, 2.24) is 0 Å². The van der Waals surface area contributed by atoms with Gasteiger partial charge in [-0.1, -0.05) is 42.5 Å². The molecule has 0 radical (unpaired) electrons. The average molecular weight is 455 g/mol. The molecule has 0 heterocycles. The van der Waals surface area contributed by atoms with Crippen LogP contribution in [0, 0.1) is 11.2 Å². The molecule has 1 amide bonds. The van der Waals surface area contributed by atoms with Crippen LogP contribution in [0.3, 0.4) is 0 Å². The van der Waals surface area contributed by atoms with Gasteiger partial charge in [0.2, 0.25) is 0 Å². The number of fused-ring (bicyclic) bond motifs is 1. The van der Waals surface area contributed by atoms with Crippen molar-refractivity contribution >= 4 is 39.7 Å². The third-order valence-electron chi connectivity index (χ3n) is 5.34. The number of aliphatic carboxylic acids is 1. The Morgan fingerprint density at radius 2 is 1.62 bits per heavy atom. The SMILES string of the molecule is N=C(CC(=O)O)c1ccc(F)cc1NCc1ccc(NC(=O)c2ccc3ccccc3c2)cc1. The maximum Gasteiger partial charge on any atom is 0.309 e. The molecule has 4 N–H and O–H groups in total. The lowest BCUT2D eigenvalue weighted by molar-refractivity contribution is -0.135. The van der Waals surface area contributed by atoms with E-state index in [1.807, 2.05) is 48.5 Å². The van der Waals surface area contributed by atoms with Gasteiger partial charge in [-0.25, -0.2) is 4.39 Å². The summed E-state index contributed by atoms with van der Waals surface area (Å²) < 4.78 is 13.7. The molecule has 0 aliphatic heterocycles. The molecule has 0 spiro atoms. The zero-order valence-corrected chi connectivity index (χ0v) is 18.1. The Balaban J connectivity index is 1.41. The summed E-state index contributed by atoms with van der Waals surface area (Å²) in [5.41, 5.74) is 2.64. The highest BCUT2D eigenvalue weighted by atomic mass is 19.1. The van der Waals surface area contributed by atoms with Gasteiger partial charge < -0.3 is 21.1 Å². The molecule has 0 unspecified atom stereocenters. The average Bonchev–Trinajstić information content (AvgIpc) is 2.83. The monoisotopic (exact) mass is 455 g/mol. The standard InChI is InChI=1S/C27H22FN3O3/c28-21-9-12-23(24(29)15-26(32)33)25(14-21)30-16-17-5-10-22(11-6-17)31-27(34)20-8-7-18-3-1-2-4-19(18)13-20/h1-14,29-30H,15-16H2,(H,31,34)(H,32,33). The molecular formula is C27H22FN3O3. The van der Waals surface area contributed by atoms with Crippen LogP contribution < -0.4 is 10.6 Å². The first kappa shape index (κ1) is 22.7. The van der Waals surface area contributed by atoms with E-state index >= 15 is 0 Å². The highest BCUT2D eigenvalue weighted by Crippen LogP contribution is 2.21. The predicted molar refractivity (Wildman–Crippen MR) is 131 cm³/mol. The number of carbonyl (C=O) groups excluding carboxylic acids is 1. The summed E-state index contributed by atoms with van der Waals surface area (Å²) in [5.74, 6) is -1.82. The van der Waals surface area contributed by atoms with E-state index in [1.165, 1.54) is 18.2 Å². The number of amides is 1. The van der Waals surface area contributed by atoms with E-state index in [2.05, 4.69) is 10.6 Å². The lowest BCUT2D eigenvalue weighted by Gasteiger charge is -2.13. The third kappa shape index (κ3) is 5.45. The van der Waals surface area contributed by atoms with Crippen molar-refractivity contribution < 1.29 is 19.1 Å². The molecule has 0 saturated carbocycles. The number of carboxylic acid groups (broad SMARTS) is 1. The quantitative estimate of drug-likeness (QED) is 0.257. The van der Waals surface area contributed by atoms with Crippen LogP contribution in [0.2, 0.25) is 0 Å². The van der Waals surface area contributed by atoms with Gasteiger partial charge in [0.1, 0.15) is 5.82 Å². The van der Waals surface area contributed by atoms with Gasteiger partial charge >= 0.3 is 5.97 Å². The van der Waals surface area contributed by atoms with Crippen LogP contribution in [0.1, 0.15) is 27.9 Å². The fourth-order valence-electron chi connectivity index (χ4n) is 3.61. The molecule has 6 nitrogen and oxygen atoms in total. The summed E-state index contributed by atoms with van der Waals surface area (Å²) in [6, 6.07) is 24.4. The molecule has 4 aromatic rings. The maximum absolute atomic E-state index is 13.7. The molecule has 0 aromatic heterocycles. The molecule has 0 aliphatic carbocycles. The lowest BCUT2D eigenvalue weighted by Crippen LogP contribution is -2.12. The Labute approximate surface area is 195 Å². The third-order valence-corrected chi connectivity index (χ3v) is 5.34. The Morgan fingerprint density at radius 3 is 2.35 bits per heavy atom. The summed E-state index contributed by atoms with van der Waals surface area (Å²) in [6.45, 7) is 0.329. The summed E-state index contributed by atoms with van der Waals surface area (Å²) in [5, 5.41) is 24.9. The fourth-order valence-corrected chi connectivity index (χ4v) is 3.61. The summed E-state index contributed by atoms with van der Waals surface area (Å²) in [7, 11) is 0. The zero-order chi connectivity index (χ0) is 24.1. The first-order valence-corrected chi connectivity index (χ1v) is 10.6. The number of rotatable bonds is 8. The second-order valence-electron chi connectivity index (χ2n) is 7.81. The maximum atomic E-state index is 13.7. The van der Waals surface area contributed by atoms with Crippen molar-refractivity contribution in [2.24, 2.45) is 0 Å². The van der Waals surface area contributed by atoms with Crippen LogP contribution in [0.15, 0.2) is 84.9 Å². The van der Waals surface area contributed by atoms with E-state index < -0.39 is 18.2 Å². The molecule has 0 atom stereocenters. The number of anilines is 2. The van der Waals surface area contributed by atoms with Crippen LogP contribution in [0.5, 0.6) is 0 Å². The normalized spacial score (nSPS) is 10.6. The second-order valence-corrected chi connectivity index (χ2v) is 7.81. The van der Waals surface area contributed by atoms with Crippen LogP contribution in [0.25, 0.3) is 10.8 Å². The summed E-state index contributed by atoms with van der Waals surface area (Å²) in [6.07, 6.45) is -0.452. The van der Waals surface area contributed by atoms with Gasteiger partial charge in [-0.3, -0.25) is 9.59 Å². The minimum Gasteiger partial charge on any atom is -0.481 e. The molecule has 4 aromatic carbocycles. The first-order chi connectivity index (χ1) is 16.4. The van der Waals surface area contributed by atoms with Crippen molar-refractivity contribution in [3.8, 4) is 0 Å². The predicted octanol–water partition coefficient (Wildman–Crippen LogP) is 5.69. The van der Waals surface area contributed by atoms with Gasteiger partial charge in [0.25, 0.3) is 5.91 Å². The van der Waals surface area contributed by atoms with Crippen molar-refractivity contribution in [3.63, 3.8) is 0 Å². The minimum atomic E-state index is -1.12. The van der Waals surface area contributed by atoms with E-state index in [0.717, 1.165) is 16.3 Å². The Morgan fingerprint density at radius 1 is 0.882 bits per heavy atom. The number of hydrogen-bond acceptors (Lipinski definition) is 4. The van der Waals surface area contributed by atoms with Crippen molar-refractivity contribution in [3.05, 3.63) is 107 Å². The number of carboxylic acids is 1. The molecule has 0 fully saturated rings. The molecule has 4 rings (SSSR count). The van der Waals surface area contributed by atoms with Gasteiger partial charge in [-0.05, 0) is 58.8 Å². The Bertz CT molecular complexity index is 1380. The Kier molecular flexibility index (Phi) is 6.64. The van der Waals surface area contributed by atoms with E-state index in [1.54, 1.807) is 18.2 Å². The van der Waals surface area contributed by atoms with Crippen LogP contribution in [-0.4, -0.2) is 22.7 Å². The molecule has 7 heteroatoms. The number of nitrogens with one attached hydrogen (secondary N) is 3. The lowest BCUT2D eigenvalue weighted by atomic mass is 10.0. The number of carbonyl (C=O) groups is 2. The van der Waals surface area contributed by atoms with Crippen molar-refractivity contribution in [2.45, 2.75) is 13.0 Å². The summed E-state index contributed by atoms with van der Waals surface area (Å²) >= 11 is 0. The van der Waals surface area contributed by atoms with Gasteiger partial charge in [0, 0.05) is 29.0 Å². The van der Waals surface area contributed by atoms with Gasteiger partial charge in [-0.15, -0.1) is 0 Å². The van der Waals surface area contributed by atoms with Gasteiger partial charge in [-0.2, -0.15) is 0 Å². The van der Waals surface area contributed by atoms with E-state index in [4.69, 9.17) is 10.5 Å². The highest BCUT2D eigenvalue weighted by molar-refractivity contribution is 6.10. The highest BCUT2D eigenvalue weighted by Gasteiger charge is 2.13. The molecule has 0 saturated heterocycles. The van der Waals surface area contributed by atoms with Crippen molar-refractivity contribution in [2.75, 3.05) is 10.6 Å². The largest absolute Gasteiger partial charge is 0.481 e. The molecule has 0 bridgehead atoms. The molecule has 34 heavy (non-hydrogen) atoms. The van der Waals surface area contributed by atoms with Gasteiger partial charge in [0.15, 0.2) is 0 Å². The zero-order valence-electron chi connectivity index (χ0n) is 18.1. The van der Waals surface area contributed by atoms with Crippen LogP contribution >= 0.6 is 0 Å². The minimum absolute atomic E-state index is 0.109. The Hall–Kier alpha value is -4.52. The van der Waals surface area contributed by atoms with Crippen molar-refractivity contribution in [1.29, 1.82) is 5.41 Å². The second kappa shape index (κ2) is 9.95. The summed E-state index contributed by atoms with van der Waals surface area (Å²) in [4.78, 5) is 23.6. The van der Waals surface area contributed by atoms with Gasteiger partial charge in [0.05, 0.1) is 12.1 Å². The fraction of sp³-hybridized carbons (Fsp3) is 0.0741. The van der Waals surface area contributed by atoms with Crippen LogP contribution in [-0.2, 0) is 11.3 Å². The van der Waals surface area contributed by atoms with E-state index in [0.29, 0.717) is 29.0 Å². The van der Waals surface area contributed by atoms with E-state index in [-0.39, 0.29) is 11.6 Å². The molecule has 0 aliphatic rings. The molecule has 170 valence electrons.